The van der Waals surface area contributed by atoms with Gasteiger partial charge in [0.05, 0.1) is 0 Å². The first kappa shape index (κ1) is 13.2. The molecule has 0 atom stereocenters. The molecule has 2 rings (SSSR count). The van der Waals surface area contributed by atoms with E-state index in [1.807, 2.05) is 26.0 Å². The summed E-state index contributed by atoms with van der Waals surface area (Å²) in [6.45, 7) is 4.03. The molecule has 96 valence electrons. The maximum absolute atomic E-state index is 6.00. The third-order valence-corrected chi connectivity index (χ3v) is 3.60. The number of anilines is 1. The van der Waals surface area contributed by atoms with Gasteiger partial charge in [-0.2, -0.15) is 0 Å². The highest BCUT2D eigenvalue weighted by Gasteiger charge is 2.18. The molecule has 1 aromatic carbocycles. The normalized spacial score (nSPS) is 11.2. The summed E-state index contributed by atoms with van der Waals surface area (Å²) in [7, 11) is 0. The van der Waals surface area contributed by atoms with Crippen molar-refractivity contribution in [3.63, 3.8) is 0 Å². The lowest BCUT2D eigenvalue weighted by atomic mass is 10.1. The summed E-state index contributed by atoms with van der Waals surface area (Å²) in [5.41, 5.74) is 7.49. The second-order valence-corrected chi connectivity index (χ2v) is 5.64. The maximum Gasteiger partial charge on any atom is 0.150 e. The van der Waals surface area contributed by atoms with Gasteiger partial charge in [0.15, 0.2) is 5.82 Å². The average molecular weight is 330 g/mol. The second-order valence-electron chi connectivity index (χ2n) is 4.35. The molecule has 0 amide bonds. The second kappa shape index (κ2) is 4.82. The Bertz CT molecular complexity index is 592. The zero-order chi connectivity index (χ0) is 13.4. The fourth-order valence-corrected chi connectivity index (χ4v) is 2.35. The van der Waals surface area contributed by atoms with E-state index in [1.165, 1.54) is 4.68 Å². The standard InChI is InChI=1S/C12H14BrClN4/c1-6(2)12-17-10(11(15)18(12)16)8-5-7(14)3-4-9(8)13/h3-6H,15-16H2,1-2H3. The molecule has 0 aliphatic heterocycles. The zero-order valence-electron chi connectivity index (χ0n) is 10.1. The number of aromatic nitrogens is 2. The topological polar surface area (TPSA) is 69.9 Å². The number of benzene rings is 1. The zero-order valence-corrected chi connectivity index (χ0v) is 12.5. The van der Waals surface area contributed by atoms with Gasteiger partial charge >= 0.3 is 0 Å². The Hall–Kier alpha value is -1.20. The van der Waals surface area contributed by atoms with Crippen molar-refractivity contribution >= 4 is 33.3 Å². The van der Waals surface area contributed by atoms with E-state index in [2.05, 4.69) is 20.9 Å². The van der Waals surface area contributed by atoms with Crippen molar-refractivity contribution in [2.24, 2.45) is 0 Å². The molecule has 0 spiro atoms. The van der Waals surface area contributed by atoms with Crippen LogP contribution >= 0.6 is 27.5 Å². The van der Waals surface area contributed by atoms with Crippen molar-refractivity contribution in [2.75, 3.05) is 11.6 Å². The van der Waals surface area contributed by atoms with Crippen LogP contribution in [-0.2, 0) is 0 Å². The minimum absolute atomic E-state index is 0.198. The Kier molecular flexibility index (Phi) is 3.54. The van der Waals surface area contributed by atoms with Crippen LogP contribution in [0.4, 0.5) is 5.82 Å². The van der Waals surface area contributed by atoms with Gasteiger partial charge in [-0.3, -0.25) is 0 Å². The molecule has 4 nitrogen and oxygen atoms in total. The number of nitrogens with two attached hydrogens (primary N) is 2. The first-order valence-electron chi connectivity index (χ1n) is 5.50. The van der Waals surface area contributed by atoms with E-state index in [0.717, 1.165) is 15.9 Å². The summed E-state index contributed by atoms with van der Waals surface area (Å²) in [6.07, 6.45) is 0. The monoisotopic (exact) mass is 328 g/mol. The van der Waals surface area contributed by atoms with Gasteiger partial charge in [0.1, 0.15) is 11.5 Å². The SMILES string of the molecule is CC(C)c1nc(-c2cc(Cl)ccc2Br)c(N)n1N. The number of imidazole rings is 1. The summed E-state index contributed by atoms with van der Waals surface area (Å²) >= 11 is 9.47. The van der Waals surface area contributed by atoms with Gasteiger partial charge in [-0.05, 0) is 18.2 Å². The first-order chi connectivity index (χ1) is 8.41. The summed E-state index contributed by atoms with van der Waals surface area (Å²) in [5, 5.41) is 0.630. The van der Waals surface area contributed by atoms with Crippen LogP contribution in [0.5, 0.6) is 0 Å². The quantitative estimate of drug-likeness (QED) is 0.830. The summed E-state index contributed by atoms with van der Waals surface area (Å²) in [4.78, 5) is 4.51. The Labute approximate surface area is 119 Å². The average Bonchev–Trinajstić information content (AvgIpc) is 2.60. The smallest absolute Gasteiger partial charge is 0.150 e. The van der Waals surface area contributed by atoms with Crippen molar-refractivity contribution < 1.29 is 0 Å². The Morgan fingerprint density at radius 2 is 2.06 bits per heavy atom. The number of rotatable bonds is 2. The van der Waals surface area contributed by atoms with Gasteiger partial charge in [0.25, 0.3) is 0 Å². The summed E-state index contributed by atoms with van der Waals surface area (Å²) in [5.74, 6) is 7.29. The molecule has 0 radical (unpaired) electrons. The van der Waals surface area contributed by atoms with Crippen molar-refractivity contribution in [3.8, 4) is 11.3 Å². The van der Waals surface area contributed by atoms with Gasteiger partial charge < -0.3 is 11.6 Å². The third kappa shape index (κ3) is 2.20. The lowest BCUT2D eigenvalue weighted by molar-refractivity contribution is 0.739. The van der Waals surface area contributed by atoms with Crippen LogP contribution in [-0.4, -0.2) is 9.66 Å². The fourth-order valence-electron chi connectivity index (χ4n) is 1.75. The van der Waals surface area contributed by atoms with Crippen LogP contribution in [0.25, 0.3) is 11.3 Å². The Morgan fingerprint density at radius 1 is 1.39 bits per heavy atom. The molecule has 0 aliphatic rings. The van der Waals surface area contributed by atoms with E-state index >= 15 is 0 Å². The van der Waals surface area contributed by atoms with E-state index in [9.17, 15) is 0 Å². The summed E-state index contributed by atoms with van der Waals surface area (Å²) in [6, 6.07) is 5.48. The molecular formula is C12H14BrClN4. The fraction of sp³-hybridized carbons (Fsp3) is 0.250. The Balaban J connectivity index is 2.64. The largest absolute Gasteiger partial charge is 0.382 e. The van der Waals surface area contributed by atoms with Gasteiger partial charge in [-0.1, -0.05) is 41.4 Å². The van der Waals surface area contributed by atoms with Crippen LogP contribution in [0.3, 0.4) is 0 Å². The van der Waals surface area contributed by atoms with Gasteiger partial charge in [-0.15, -0.1) is 0 Å². The first-order valence-corrected chi connectivity index (χ1v) is 6.67. The van der Waals surface area contributed by atoms with Gasteiger partial charge in [0, 0.05) is 21.0 Å². The maximum atomic E-state index is 6.00. The molecule has 0 saturated heterocycles. The van der Waals surface area contributed by atoms with Crippen LogP contribution in [0, 0.1) is 0 Å². The highest BCUT2D eigenvalue weighted by atomic mass is 79.9. The number of hydrogen-bond donors (Lipinski definition) is 2. The van der Waals surface area contributed by atoms with Crippen LogP contribution in [0.1, 0.15) is 25.6 Å². The van der Waals surface area contributed by atoms with Crippen molar-refractivity contribution in [1.29, 1.82) is 0 Å². The van der Waals surface area contributed by atoms with Gasteiger partial charge in [-0.25, -0.2) is 9.66 Å². The molecule has 0 saturated carbocycles. The molecule has 0 bridgehead atoms. The predicted octanol–water partition coefficient (Wildman–Crippen LogP) is 3.39. The van der Waals surface area contributed by atoms with Crippen molar-refractivity contribution in [1.82, 2.24) is 9.66 Å². The van der Waals surface area contributed by atoms with Gasteiger partial charge in [0.2, 0.25) is 0 Å². The Morgan fingerprint density at radius 3 is 2.61 bits per heavy atom. The van der Waals surface area contributed by atoms with E-state index in [0.29, 0.717) is 16.5 Å². The number of nitrogens with zero attached hydrogens (tertiary/aromatic N) is 2. The predicted molar refractivity (Wildman–Crippen MR) is 79.0 cm³/mol. The van der Waals surface area contributed by atoms with E-state index in [4.69, 9.17) is 23.2 Å². The molecule has 0 unspecified atom stereocenters. The van der Waals surface area contributed by atoms with E-state index in [-0.39, 0.29) is 5.92 Å². The molecule has 2 aromatic rings. The molecule has 1 heterocycles. The van der Waals surface area contributed by atoms with Crippen molar-refractivity contribution in [3.05, 3.63) is 33.5 Å². The van der Waals surface area contributed by atoms with Crippen LogP contribution < -0.4 is 11.6 Å². The molecule has 1 aromatic heterocycles. The summed E-state index contributed by atoms with van der Waals surface area (Å²) < 4.78 is 2.31. The van der Waals surface area contributed by atoms with Crippen LogP contribution in [0.15, 0.2) is 22.7 Å². The number of hydrogen-bond acceptors (Lipinski definition) is 3. The van der Waals surface area contributed by atoms with E-state index in [1.54, 1.807) is 6.07 Å². The van der Waals surface area contributed by atoms with Crippen LogP contribution in [0.2, 0.25) is 5.02 Å². The lowest BCUT2D eigenvalue weighted by Gasteiger charge is -2.04. The molecule has 6 heteroatoms. The molecule has 4 N–H and O–H groups in total. The van der Waals surface area contributed by atoms with E-state index < -0.39 is 0 Å². The molecular weight excluding hydrogens is 316 g/mol. The number of nitrogen functional groups attached to an aromatic ring is 2. The third-order valence-electron chi connectivity index (χ3n) is 2.68. The van der Waals surface area contributed by atoms with Crippen molar-refractivity contribution in [2.45, 2.75) is 19.8 Å². The minimum atomic E-state index is 0.198. The molecule has 0 fully saturated rings. The highest BCUT2D eigenvalue weighted by Crippen LogP contribution is 2.34. The number of halogens is 2. The lowest BCUT2D eigenvalue weighted by Crippen LogP contribution is -2.16. The molecule has 18 heavy (non-hydrogen) atoms. The minimum Gasteiger partial charge on any atom is -0.382 e. The molecule has 0 aliphatic carbocycles. The highest BCUT2D eigenvalue weighted by molar-refractivity contribution is 9.10.